The van der Waals surface area contributed by atoms with Crippen LogP contribution in [-0.4, -0.2) is 28.9 Å². The van der Waals surface area contributed by atoms with Crippen molar-refractivity contribution >= 4 is 35.9 Å². The average molecular weight is 355 g/mol. The highest BCUT2D eigenvalue weighted by Crippen LogP contribution is 2.43. The molecule has 0 bridgehead atoms. The molecule has 0 aliphatic carbocycles. The molecule has 0 unspecified atom stereocenters. The summed E-state index contributed by atoms with van der Waals surface area (Å²) in [5.74, 6) is -0.249. The molecule has 0 amide bonds. The predicted octanol–water partition coefficient (Wildman–Crippen LogP) is 3.96. The van der Waals surface area contributed by atoms with Crippen molar-refractivity contribution in [2.24, 2.45) is 0 Å². The van der Waals surface area contributed by atoms with Crippen molar-refractivity contribution < 1.29 is 27.6 Å². The maximum Gasteiger partial charge on any atom is 0.496 e. The highest BCUT2D eigenvalue weighted by atomic mass is 35.5. The average Bonchev–Trinajstić information content (AvgIpc) is 2.50. The summed E-state index contributed by atoms with van der Waals surface area (Å²) in [4.78, 5) is -0.231. The zero-order valence-electron chi connectivity index (χ0n) is 12.4. The van der Waals surface area contributed by atoms with Gasteiger partial charge >= 0.3 is 12.6 Å². The summed E-state index contributed by atoms with van der Waals surface area (Å²) in [5.41, 5.74) is -5.88. The van der Waals surface area contributed by atoms with Crippen LogP contribution >= 0.6 is 23.4 Å². The normalized spacial score (nSPS) is 20.5. The van der Waals surface area contributed by atoms with Gasteiger partial charge in [0.1, 0.15) is 5.75 Å². The van der Waals surface area contributed by atoms with E-state index in [1.807, 2.05) is 0 Å². The topological polar surface area (TPSA) is 38.7 Å². The van der Waals surface area contributed by atoms with Crippen molar-refractivity contribution in [3.8, 4) is 5.75 Å². The van der Waals surface area contributed by atoms with E-state index < -0.39 is 23.8 Å². The van der Waals surface area contributed by atoms with Crippen LogP contribution in [0.4, 0.5) is 13.2 Å². The number of benzene rings is 1. The predicted molar refractivity (Wildman–Crippen MR) is 80.7 cm³/mol. The Hall–Kier alpha value is -0.565. The fraction of sp³-hybridized carbons (Fsp3) is 0.538. The number of halogens is 4. The van der Waals surface area contributed by atoms with E-state index in [4.69, 9.17) is 20.9 Å². The number of alkyl halides is 3. The van der Waals surface area contributed by atoms with Crippen LogP contribution in [0.1, 0.15) is 27.7 Å². The van der Waals surface area contributed by atoms with Crippen LogP contribution in [-0.2, 0) is 9.31 Å². The van der Waals surface area contributed by atoms with Gasteiger partial charge in [0, 0.05) is 10.4 Å². The molecule has 1 heterocycles. The molecule has 1 fully saturated rings. The minimum absolute atomic E-state index is 0.0611. The second-order valence-electron chi connectivity index (χ2n) is 5.98. The van der Waals surface area contributed by atoms with Crippen molar-refractivity contribution in [1.82, 2.24) is 0 Å². The summed E-state index contributed by atoms with van der Waals surface area (Å²) in [6.07, 6.45) is 0. The van der Waals surface area contributed by atoms with Crippen LogP contribution in [0.15, 0.2) is 17.0 Å². The summed E-state index contributed by atoms with van der Waals surface area (Å²) >= 11 is 5.52. The quantitative estimate of drug-likeness (QED) is 0.644. The molecule has 3 nitrogen and oxygen atoms in total. The molecule has 0 atom stereocenters. The first kappa shape index (κ1) is 17.8. The van der Waals surface area contributed by atoms with Gasteiger partial charge in [0.05, 0.1) is 16.2 Å². The number of hydrogen-bond acceptors (Lipinski definition) is 4. The van der Waals surface area contributed by atoms with Crippen LogP contribution in [0.5, 0.6) is 5.75 Å². The van der Waals surface area contributed by atoms with E-state index in [0.29, 0.717) is 0 Å². The fourth-order valence-electron chi connectivity index (χ4n) is 1.97. The summed E-state index contributed by atoms with van der Waals surface area (Å²) in [6.45, 7) is 7.14. The van der Waals surface area contributed by atoms with Crippen LogP contribution in [0, 0.1) is 0 Å². The van der Waals surface area contributed by atoms with Crippen LogP contribution < -0.4 is 5.46 Å². The van der Waals surface area contributed by atoms with Gasteiger partial charge < -0.3 is 14.4 Å². The fourth-order valence-corrected chi connectivity index (χ4v) is 2.97. The lowest BCUT2D eigenvalue weighted by molar-refractivity contribution is -0.0327. The molecule has 1 aliphatic heterocycles. The summed E-state index contributed by atoms with van der Waals surface area (Å²) < 4.78 is 49.7. The maximum atomic E-state index is 12.8. The molecule has 2 rings (SSSR count). The molecule has 122 valence electrons. The van der Waals surface area contributed by atoms with Crippen molar-refractivity contribution in [2.75, 3.05) is 0 Å². The Labute approximate surface area is 136 Å². The third-order valence-corrected chi connectivity index (χ3v) is 5.08. The van der Waals surface area contributed by atoms with Gasteiger partial charge in [-0.2, -0.15) is 13.2 Å². The Bertz CT molecular complexity index is 577. The number of rotatable bonds is 2. The molecule has 0 radical (unpaired) electrons. The number of thioether (sulfide) groups is 1. The second-order valence-corrected chi connectivity index (χ2v) is 7.46. The van der Waals surface area contributed by atoms with Crippen LogP contribution in [0.3, 0.4) is 0 Å². The first-order valence-electron chi connectivity index (χ1n) is 6.46. The van der Waals surface area contributed by atoms with Gasteiger partial charge in [-0.05, 0) is 51.6 Å². The third kappa shape index (κ3) is 3.50. The second kappa shape index (κ2) is 5.51. The molecular weight excluding hydrogens is 339 g/mol. The molecule has 22 heavy (non-hydrogen) atoms. The van der Waals surface area contributed by atoms with Crippen molar-refractivity contribution in [3.63, 3.8) is 0 Å². The Morgan fingerprint density at radius 1 is 1.14 bits per heavy atom. The lowest BCUT2D eigenvalue weighted by Gasteiger charge is -2.32. The molecule has 1 aromatic rings. The van der Waals surface area contributed by atoms with E-state index in [0.717, 1.165) is 6.07 Å². The SMILES string of the molecule is CC1(C)OB(c2cc(O)cc(Cl)c2SC(F)(F)F)OC1(C)C. The van der Waals surface area contributed by atoms with E-state index in [9.17, 15) is 18.3 Å². The monoisotopic (exact) mass is 354 g/mol. The van der Waals surface area contributed by atoms with Gasteiger partial charge in [0.2, 0.25) is 0 Å². The molecule has 0 aromatic heterocycles. The van der Waals surface area contributed by atoms with Gasteiger partial charge in [-0.15, -0.1) is 0 Å². The van der Waals surface area contributed by atoms with Gasteiger partial charge in [-0.3, -0.25) is 0 Å². The first-order chi connectivity index (χ1) is 9.82. The number of hydrogen-bond donors (Lipinski definition) is 1. The Morgan fingerprint density at radius 3 is 2.09 bits per heavy atom. The van der Waals surface area contributed by atoms with Crippen molar-refractivity contribution in [3.05, 3.63) is 17.2 Å². The number of phenolic OH excluding ortho intramolecular Hbond substituents is 1. The Morgan fingerprint density at radius 2 is 1.64 bits per heavy atom. The van der Waals surface area contributed by atoms with Crippen LogP contribution in [0.25, 0.3) is 0 Å². The molecule has 0 saturated carbocycles. The zero-order chi connectivity index (χ0) is 16.9. The van der Waals surface area contributed by atoms with E-state index in [-0.39, 0.29) is 32.9 Å². The van der Waals surface area contributed by atoms with Crippen molar-refractivity contribution in [2.45, 2.75) is 49.3 Å². The molecule has 1 aromatic carbocycles. The standard InChI is InChI=1S/C13H15BClF3O3S/c1-11(2)12(3,4)21-14(20-11)8-5-7(19)6-9(15)10(8)22-13(16,17)18/h5-6,19H,1-4H3. The lowest BCUT2D eigenvalue weighted by Crippen LogP contribution is -2.41. The van der Waals surface area contributed by atoms with E-state index in [1.54, 1.807) is 27.7 Å². The minimum atomic E-state index is -4.51. The van der Waals surface area contributed by atoms with Gasteiger partial charge in [0.25, 0.3) is 0 Å². The molecule has 9 heteroatoms. The summed E-state index contributed by atoms with van der Waals surface area (Å²) in [5, 5.41) is 9.45. The first-order valence-corrected chi connectivity index (χ1v) is 7.66. The number of aromatic hydroxyl groups is 1. The maximum absolute atomic E-state index is 12.8. The highest BCUT2D eigenvalue weighted by Gasteiger charge is 2.53. The van der Waals surface area contributed by atoms with E-state index in [1.165, 1.54) is 6.07 Å². The van der Waals surface area contributed by atoms with Gasteiger partial charge in [-0.1, -0.05) is 11.6 Å². The van der Waals surface area contributed by atoms with Gasteiger partial charge in [0.15, 0.2) is 0 Å². The molecule has 1 saturated heterocycles. The Kier molecular flexibility index (Phi) is 4.45. The van der Waals surface area contributed by atoms with Crippen molar-refractivity contribution in [1.29, 1.82) is 0 Å². The minimum Gasteiger partial charge on any atom is -0.508 e. The third-order valence-electron chi connectivity index (χ3n) is 3.78. The van der Waals surface area contributed by atoms with E-state index >= 15 is 0 Å². The smallest absolute Gasteiger partial charge is 0.496 e. The van der Waals surface area contributed by atoms with Gasteiger partial charge in [-0.25, -0.2) is 0 Å². The largest absolute Gasteiger partial charge is 0.508 e. The molecule has 1 N–H and O–H groups in total. The highest BCUT2D eigenvalue weighted by molar-refractivity contribution is 8.00. The number of phenols is 1. The summed E-state index contributed by atoms with van der Waals surface area (Å²) in [7, 11) is -1.04. The molecule has 0 spiro atoms. The van der Waals surface area contributed by atoms with Crippen LogP contribution in [0.2, 0.25) is 5.02 Å². The molecule has 1 aliphatic rings. The Balaban J connectivity index is 2.47. The zero-order valence-corrected chi connectivity index (χ0v) is 14.0. The summed E-state index contributed by atoms with van der Waals surface area (Å²) in [6, 6.07) is 2.24. The van der Waals surface area contributed by atoms with E-state index in [2.05, 4.69) is 0 Å². The lowest BCUT2D eigenvalue weighted by atomic mass is 9.79. The molecular formula is C13H15BClF3O3S.